The molecule has 1 amide bonds. The van der Waals surface area contributed by atoms with E-state index in [0.29, 0.717) is 27.3 Å². The first-order valence-corrected chi connectivity index (χ1v) is 9.81. The molecule has 0 aliphatic rings. The molecule has 0 radical (unpaired) electrons. The van der Waals surface area contributed by atoms with Gasteiger partial charge >= 0.3 is 0 Å². The Bertz CT molecular complexity index is 1270. The van der Waals surface area contributed by atoms with Crippen LogP contribution in [0.4, 0.5) is 0 Å². The number of terminal acetylenes is 1. The van der Waals surface area contributed by atoms with Crippen molar-refractivity contribution in [3.05, 3.63) is 64.6 Å². The molecule has 1 N–H and O–H groups in total. The van der Waals surface area contributed by atoms with E-state index in [2.05, 4.69) is 21.3 Å². The molecule has 2 heterocycles. The van der Waals surface area contributed by atoms with Crippen LogP contribution in [-0.2, 0) is 17.9 Å². The largest absolute Gasteiger partial charge is 0.431 e. The first kappa shape index (κ1) is 18.8. The molecule has 4 rings (SSSR count). The number of carbonyl (C=O) groups excluding carboxylic acids is 1. The Morgan fingerprint density at radius 3 is 2.72 bits per heavy atom. The molecule has 0 saturated carbocycles. The lowest BCUT2D eigenvalue weighted by molar-refractivity contribution is -0.118. The molecule has 7 nitrogen and oxygen atoms in total. The number of carbonyl (C=O) groups is 1. The average molecular weight is 404 g/mol. The topological polar surface area (TPSA) is 90.0 Å². The summed E-state index contributed by atoms with van der Waals surface area (Å²) in [5, 5.41) is 8.79. The van der Waals surface area contributed by atoms with Crippen LogP contribution in [0.1, 0.15) is 5.69 Å². The summed E-state index contributed by atoms with van der Waals surface area (Å²) >= 11 is 1.21. The van der Waals surface area contributed by atoms with Crippen molar-refractivity contribution >= 4 is 39.5 Å². The van der Waals surface area contributed by atoms with Crippen LogP contribution in [0.3, 0.4) is 0 Å². The minimum absolute atomic E-state index is 0.0676. The second-order valence-corrected chi connectivity index (χ2v) is 7.10. The van der Waals surface area contributed by atoms with E-state index in [-0.39, 0.29) is 30.3 Å². The van der Waals surface area contributed by atoms with Crippen molar-refractivity contribution in [3.8, 4) is 12.3 Å². The Balaban J connectivity index is 1.46. The van der Waals surface area contributed by atoms with Crippen molar-refractivity contribution in [2.75, 3.05) is 5.75 Å². The average Bonchev–Trinajstić information content (AvgIpc) is 3.16. The van der Waals surface area contributed by atoms with Crippen molar-refractivity contribution in [1.82, 2.24) is 20.1 Å². The third-order valence-corrected chi connectivity index (χ3v) is 5.07. The molecule has 2 aromatic carbocycles. The Labute approximate surface area is 170 Å². The maximum absolute atomic E-state index is 12.4. The zero-order chi connectivity index (χ0) is 20.2. The summed E-state index contributed by atoms with van der Waals surface area (Å²) in [6.07, 6.45) is 5.33. The molecule has 8 heteroatoms. The van der Waals surface area contributed by atoms with E-state index < -0.39 is 0 Å². The van der Waals surface area contributed by atoms with Gasteiger partial charge in [-0.05, 0) is 18.2 Å². The van der Waals surface area contributed by atoms with E-state index in [0.717, 1.165) is 5.52 Å². The number of amides is 1. The van der Waals surface area contributed by atoms with Gasteiger partial charge in [-0.1, -0.05) is 48.0 Å². The van der Waals surface area contributed by atoms with Crippen molar-refractivity contribution in [3.63, 3.8) is 0 Å². The van der Waals surface area contributed by atoms with Crippen molar-refractivity contribution < 1.29 is 9.21 Å². The number of nitrogens with one attached hydrogen (secondary N) is 1. The van der Waals surface area contributed by atoms with Crippen LogP contribution in [0.25, 0.3) is 21.9 Å². The van der Waals surface area contributed by atoms with E-state index in [1.54, 1.807) is 18.2 Å². The molecule has 0 aliphatic carbocycles. The van der Waals surface area contributed by atoms with Crippen LogP contribution >= 0.6 is 11.8 Å². The van der Waals surface area contributed by atoms with Crippen LogP contribution in [0.15, 0.2) is 63.0 Å². The summed E-state index contributed by atoms with van der Waals surface area (Å²) < 4.78 is 6.83. The maximum atomic E-state index is 12.4. The van der Waals surface area contributed by atoms with E-state index in [1.165, 1.54) is 16.4 Å². The summed E-state index contributed by atoms with van der Waals surface area (Å²) in [6, 6.07) is 14.6. The minimum Gasteiger partial charge on any atom is -0.431 e. The number of hydrogen-bond acceptors (Lipinski definition) is 6. The summed E-state index contributed by atoms with van der Waals surface area (Å²) in [6.45, 7) is 0.247. The van der Waals surface area contributed by atoms with Gasteiger partial charge in [0.05, 0.1) is 23.4 Å². The summed E-state index contributed by atoms with van der Waals surface area (Å²) in [5.74, 6) is 2.37. The predicted octanol–water partition coefficient (Wildman–Crippen LogP) is 2.58. The molecule has 2 aromatic heterocycles. The number of benzene rings is 2. The molecule has 0 atom stereocenters. The molecular weight excluding hydrogens is 388 g/mol. The molecule has 0 unspecified atom stereocenters. The lowest BCUT2D eigenvalue weighted by atomic mass is 10.1. The normalized spacial score (nSPS) is 10.9. The molecule has 29 heavy (non-hydrogen) atoms. The van der Waals surface area contributed by atoms with Crippen molar-refractivity contribution in [1.29, 1.82) is 0 Å². The highest BCUT2D eigenvalue weighted by Crippen LogP contribution is 2.22. The third kappa shape index (κ3) is 4.00. The predicted molar refractivity (Wildman–Crippen MR) is 111 cm³/mol. The molecule has 4 aromatic rings. The fourth-order valence-electron chi connectivity index (χ4n) is 2.90. The SMILES string of the molecule is C#CCn1nc(CNC(=O)CSc2nc3ccccc3o2)c2ccccc2c1=O. The van der Waals surface area contributed by atoms with E-state index >= 15 is 0 Å². The fraction of sp³-hybridized carbons (Fsp3) is 0.143. The van der Waals surface area contributed by atoms with Crippen LogP contribution in [0.2, 0.25) is 0 Å². The van der Waals surface area contributed by atoms with E-state index in [1.807, 2.05) is 30.3 Å². The van der Waals surface area contributed by atoms with Gasteiger partial charge in [0.2, 0.25) is 5.91 Å². The Hall–Kier alpha value is -3.57. The summed E-state index contributed by atoms with van der Waals surface area (Å²) in [5.41, 5.74) is 1.76. The number of fused-ring (bicyclic) bond motifs is 2. The highest BCUT2D eigenvalue weighted by Gasteiger charge is 2.12. The minimum atomic E-state index is -0.250. The van der Waals surface area contributed by atoms with E-state index in [4.69, 9.17) is 10.8 Å². The van der Waals surface area contributed by atoms with Crippen LogP contribution < -0.4 is 10.9 Å². The molecule has 0 spiro atoms. The quantitative estimate of drug-likeness (QED) is 0.392. The number of thioether (sulfide) groups is 1. The number of nitrogens with zero attached hydrogens (tertiary/aromatic N) is 3. The van der Waals surface area contributed by atoms with Gasteiger partial charge in [-0.2, -0.15) is 5.10 Å². The smallest absolute Gasteiger partial charge is 0.275 e. The fourth-order valence-corrected chi connectivity index (χ4v) is 3.57. The lowest BCUT2D eigenvalue weighted by Crippen LogP contribution is -2.29. The second kappa shape index (κ2) is 8.20. The van der Waals surface area contributed by atoms with Crippen molar-refractivity contribution in [2.45, 2.75) is 18.3 Å². The molecule has 0 saturated heterocycles. The number of para-hydroxylation sites is 2. The van der Waals surface area contributed by atoms with Gasteiger partial charge in [0.15, 0.2) is 5.58 Å². The van der Waals surface area contributed by atoms with Crippen LogP contribution in [0.5, 0.6) is 0 Å². The van der Waals surface area contributed by atoms with Crippen LogP contribution in [0, 0.1) is 12.3 Å². The first-order chi connectivity index (χ1) is 14.2. The molecule has 0 bridgehead atoms. The Morgan fingerprint density at radius 2 is 1.93 bits per heavy atom. The third-order valence-electron chi connectivity index (χ3n) is 4.24. The zero-order valence-electron chi connectivity index (χ0n) is 15.3. The number of hydrogen-bond donors (Lipinski definition) is 1. The monoisotopic (exact) mass is 404 g/mol. The molecular formula is C21H16N4O3S. The van der Waals surface area contributed by atoms with Gasteiger partial charge in [0.1, 0.15) is 12.1 Å². The zero-order valence-corrected chi connectivity index (χ0v) is 16.1. The molecule has 144 valence electrons. The first-order valence-electron chi connectivity index (χ1n) is 8.83. The maximum Gasteiger partial charge on any atom is 0.275 e. The highest BCUT2D eigenvalue weighted by molar-refractivity contribution is 7.99. The standard InChI is InChI=1S/C21H16N4O3S/c1-2-11-25-20(27)15-8-4-3-7-14(15)17(24-25)12-22-19(26)13-29-21-23-16-9-5-6-10-18(16)28-21/h1,3-10H,11-13H2,(H,22,26). The summed E-state index contributed by atoms with van der Waals surface area (Å²) in [4.78, 5) is 29.1. The van der Waals surface area contributed by atoms with Gasteiger partial charge < -0.3 is 9.73 Å². The highest BCUT2D eigenvalue weighted by atomic mass is 32.2. The Kier molecular flexibility index (Phi) is 5.31. The Morgan fingerprint density at radius 1 is 1.17 bits per heavy atom. The molecule has 0 aliphatic heterocycles. The summed E-state index contributed by atoms with van der Waals surface area (Å²) in [7, 11) is 0. The molecule has 0 fully saturated rings. The van der Waals surface area contributed by atoms with Crippen LogP contribution in [-0.4, -0.2) is 26.4 Å². The van der Waals surface area contributed by atoms with Gasteiger partial charge in [0.25, 0.3) is 10.8 Å². The van der Waals surface area contributed by atoms with Gasteiger partial charge in [-0.25, -0.2) is 9.67 Å². The number of oxazole rings is 1. The van der Waals surface area contributed by atoms with Gasteiger partial charge in [0, 0.05) is 5.39 Å². The van der Waals surface area contributed by atoms with Gasteiger partial charge in [-0.15, -0.1) is 6.42 Å². The second-order valence-electron chi connectivity index (χ2n) is 6.17. The lowest BCUT2D eigenvalue weighted by Gasteiger charge is -2.10. The van der Waals surface area contributed by atoms with Crippen molar-refractivity contribution in [2.24, 2.45) is 0 Å². The number of aromatic nitrogens is 3. The van der Waals surface area contributed by atoms with E-state index in [9.17, 15) is 9.59 Å². The number of rotatable bonds is 6. The van der Waals surface area contributed by atoms with Gasteiger partial charge in [-0.3, -0.25) is 9.59 Å².